The van der Waals surface area contributed by atoms with Crippen LogP contribution in [-0.4, -0.2) is 49.7 Å². The molecule has 0 amide bonds. The van der Waals surface area contributed by atoms with Gasteiger partial charge >= 0.3 is 6.18 Å². The summed E-state index contributed by atoms with van der Waals surface area (Å²) in [5, 5.41) is 0. The number of imidazole rings is 1. The molecule has 2 aliphatic heterocycles. The number of anilines is 1. The second-order valence-corrected chi connectivity index (χ2v) is 9.35. The van der Waals surface area contributed by atoms with E-state index in [0.717, 1.165) is 36.4 Å². The zero-order valence-electron chi connectivity index (χ0n) is 20.7. The largest absolute Gasteiger partial charge is 0.436 e. The van der Waals surface area contributed by atoms with E-state index in [1.807, 2.05) is 6.07 Å². The van der Waals surface area contributed by atoms with Crippen LogP contribution in [0.25, 0.3) is 16.9 Å². The number of ether oxygens (including phenoxy) is 2. The third-order valence-corrected chi connectivity index (χ3v) is 6.90. The van der Waals surface area contributed by atoms with Gasteiger partial charge in [0.25, 0.3) is 0 Å². The first-order valence-electron chi connectivity index (χ1n) is 12.2. The molecule has 2 fully saturated rings. The summed E-state index contributed by atoms with van der Waals surface area (Å²) in [5.74, 6) is 5.26. The third kappa shape index (κ3) is 4.53. The Labute approximate surface area is 220 Å². The fourth-order valence-corrected chi connectivity index (χ4v) is 4.96. The number of nitrogen functional groups attached to an aromatic ring is 1. The minimum Gasteiger partial charge on any atom is -0.436 e. The highest BCUT2D eigenvalue weighted by Gasteiger charge is 2.51. The molecule has 0 saturated carbocycles. The number of nitrogens with zero attached hydrogens (tertiary/aromatic N) is 5. The average molecular weight is 539 g/mol. The monoisotopic (exact) mass is 538 g/mol. The van der Waals surface area contributed by atoms with Crippen molar-refractivity contribution in [3.63, 3.8) is 0 Å². The normalized spacial score (nSPS) is 21.1. The lowest BCUT2D eigenvalue weighted by Gasteiger charge is -2.19. The van der Waals surface area contributed by atoms with E-state index in [1.54, 1.807) is 23.6 Å². The first-order valence-corrected chi connectivity index (χ1v) is 12.2. The molecule has 12 heteroatoms. The number of likely N-dealkylation sites (tertiary alicyclic amines) is 1. The molecular formula is C27H22F4N6O2. The van der Waals surface area contributed by atoms with E-state index in [9.17, 15) is 13.2 Å². The van der Waals surface area contributed by atoms with Crippen molar-refractivity contribution in [2.45, 2.75) is 31.2 Å². The fourth-order valence-electron chi connectivity index (χ4n) is 4.96. The Morgan fingerprint density at radius 3 is 2.67 bits per heavy atom. The van der Waals surface area contributed by atoms with E-state index in [2.05, 4.69) is 26.7 Å². The lowest BCUT2D eigenvalue weighted by Crippen LogP contribution is -2.35. The Morgan fingerprint density at radius 1 is 1.15 bits per heavy atom. The van der Waals surface area contributed by atoms with Crippen LogP contribution in [0.15, 0.2) is 48.8 Å². The number of hydrogen-bond acceptors (Lipinski definition) is 7. The topological polar surface area (TPSA) is 94.1 Å². The number of nitrogens with two attached hydrogens (primary N) is 1. The van der Waals surface area contributed by atoms with Crippen LogP contribution in [0.4, 0.5) is 23.5 Å². The number of alkyl halides is 3. The summed E-state index contributed by atoms with van der Waals surface area (Å²) in [6.45, 7) is 3.83. The first kappa shape index (κ1) is 25.1. The van der Waals surface area contributed by atoms with Crippen molar-refractivity contribution in [1.29, 1.82) is 0 Å². The molecule has 8 nitrogen and oxygen atoms in total. The molecule has 0 aliphatic carbocycles. The first-order chi connectivity index (χ1) is 18.7. The molecule has 5 heterocycles. The van der Waals surface area contributed by atoms with Gasteiger partial charge in [-0.2, -0.15) is 13.2 Å². The molecule has 0 bridgehead atoms. The van der Waals surface area contributed by atoms with Gasteiger partial charge in [-0.3, -0.25) is 9.30 Å². The van der Waals surface area contributed by atoms with E-state index >= 15 is 4.39 Å². The fraction of sp³-hybridized carbons (Fsp3) is 0.296. The Balaban J connectivity index is 1.32. The molecule has 0 radical (unpaired) electrons. The molecule has 4 aromatic rings. The molecule has 2 N–H and O–H groups in total. The highest BCUT2D eigenvalue weighted by molar-refractivity contribution is 5.69. The van der Waals surface area contributed by atoms with Gasteiger partial charge in [0.05, 0.1) is 16.8 Å². The zero-order chi connectivity index (χ0) is 27.4. The number of pyridine rings is 1. The smallest absolute Gasteiger partial charge is 0.416 e. The van der Waals surface area contributed by atoms with Gasteiger partial charge in [-0.15, -0.1) is 5.92 Å². The predicted molar refractivity (Wildman–Crippen MR) is 133 cm³/mol. The maximum Gasteiger partial charge on any atom is 0.416 e. The number of halogens is 4. The van der Waals surface area contributed by atoms with E-state index in [4.69, 9.17) is 20.2 Å². The van der Waals surface area contributed by atoms with E-state index < -0.39 is 23.3 Å². The van der Waals surface area contributed by atoms with Crippen molar-refractivity contribution in [3.8, 4) is 34.9 Å². The summed E-state index contributed by atoms with van der Waals surface area (Å²) < 4.78 is 66.8. The minimum atomic E-state index is -4.58. The quantitative estimate of drug-likeness (QED) is 0.220. The van der Waals surface area contributed by atoms with E-state index in [0.29, 0.717) is 30.6 Å². The van der Waals surface area contributed by atoms with Crippen LogP contribution < -0.4 is 10.5 Å². The van der Waals surface area contributed by atoms with Crippen molar-refractivity contribution in [2.75, 3.05) is 25.4 Å². The van der Waals surface area contributed by atoms with Crippen molar-refractivity contribution in [2.24, 2.45) is 0 Å². The summed E-state index contributed by atoms with van der Waals surface area (Å²) >= 11 is 0. The molecule has 2 aliphatic rings. The van der Waals surface area contributed by atoms with Gasteiger partial charge in [-0.05, 0) is 49.6 Å². The second kappa shape index (κ2) is 9.21. The molecule has 1 aromatic carbocycles. The van der Waals surface area contributed by atoms with Gasteiger partial charge in [-0.25, -0.2) is 19.3 Å². The van der Waals surface area contributed by atoms with Crippen LogP contribution in [0, 0.1) is 17.7 Å². The lowest BCUT2D eigenvalue weighted by molar-refractivity contribution is -0.137. The molecule has 200 valence electrons. The molecular weight excluding hydrogens is 516 g/mol. The maximum absolute atomic E-state index is 15.1. The van der Waals surface area contributed by atoms with Crippen molar-refractivity contribution >= 4 is 11.5 Å². The minimum absolute atomic E-state index is 0.0646. The summed E-state index contributed by atoms with van der Waals surface area (Å²) in [6, 6.07) is 7.40. The number of epoxide rings is 1. The van der Waals surface area contributed by atoms with E-state index in [1.165, 1.54) is 12.1 Å². The standard InChI is InChI=1S/C27H22F4N6O2/c1-2-8-26(15-38-26)36-11-7-17(14-36)23-20-6-10-34-25(32)37(20)24(35-23)16-3-4-21(19(28)12-16)39-22-13-18(5-9-33-22)27(29,30)31/h3-6,9-10,12-13,17H,7,11,14-15H2,1H3,(H2,32,34). The van der Waals surface area contributed by atoms with Crippen LogP contribution in [0.3, 0.4) is 0 Å². The van der Waals surface area contributed by atoms with Gasteiger partial charge in [0, 0.05) is 43.0 Å². The third-order valence-electron chi connectivity index (χ3n) is 6.90. The Morgan fingerprint density at radius 2 is 1.95 bits per heavy atom. The summed E-state index contributed by atoms with van der Waals surface area (Å²) in [4.78, 5) is 15.0. The molecule has 0 spiro atoms. The Bertz CT molecular complexity index is 1640. The van der Waals surface area contributed by atoms with Gasteiger partial charge in [-0.1, -0.05) is 0 Å². The molecule has 3 aromatic heterocycles. The number of aromatic nitrogens is 4. The number of fused-ring (bicyclic) bond motifs is 1. The molecule has 39 heavy (non-hydrogen) atoms. The predicted octanol–water partition coefficient (Wildman–Crippen LogP) is 4.86. The second-order valence-electron chi connectivity index (χ2n) is 9.35. The molecule has 2 atom stereocenters. The van der Waals surface area contributed by atoms with Crippen molar-refractivity contribution in [1.82, 2.24) is 24.3 Å². The Kier molecular flexibility index (Phi) is 5.93. The average Bonchev–Trinajstić information content (AvgIpc) is 3.33. The lowest BCUT2D eigenvalue weighted by atomic mass is 10.0. The molecule has 2 unspecified atom stereocenters. The van der Waals surface area contributed by atoms with E-state index in [-0.39, 0.29) is 23.5 Å². The van der Waals surface area contributed by atoms with Crippen molar-refractivity contribution < 1.29 is 27.0 Å². The van der Waals surface area contributed by atoms with Crippen LogP contribution in [0.2, 0.25) is 0 Å². The highest BCUT2D eigenvalue weighted by Crippen LogP contribution is 2.41. The Hall–Kier alpha value is -4.21. The van der Waals surface area contributed by atoms with Gasteiger partial charge in [0.1, 0.15) is 12.4 Å². The van der Waals surface area contributed by atoms with Gasteiger partial charge in [0.2, 0.25) is 17.6 Å². The number of hydrogen-bond donors (Lipinski definition) is 1. The zero-order valence-corrected chi connectivity index (χ0v) is 20.7. The van der Waals surface area contributed by atoms with Crippen LogP contribution in [0.1, 0.15) is 30.5 Å². The summed E-state index contributed by atoms with van der Waals surface area (Å²) in [7, 11) is 0. The van der Waals surface area contributed by atoms with Crippen LogP contribution >= 0.6 is 0 Å². The van der Waals surface area contributed by atoms with Crippen molar-refractivity contribution in [3.05, 3.63) is 65.9 Å². The molecule has 6 rings (SSSR count). The van der Waals surface area contributed by atoms with Crippen LogP contribution in [0.5, 0.6) is 11.6 Å². The molecule has 2 saturated heterocycles. The van der Waals surface area contributed by atoms with Gasteiger partial charge < -0.3 is 15.2 Å². The van der Waals surface area contributed by atoms with Crippen LogP contribution in [-0.2, 0) is 10.9 Å². The number of benzene rings is 1. The number of rotatable bonds is 5. The van der Waals surface area contributed by atoms with Gasteiger partial charge in [0.15, 0.2) is 11.6 Å². The summed E-state index contributed by atoms with van der Waals surface area (Å²) in [5.41, 5.74) is 6.69. The summed E-state index contributed by atoms with van der Waals surface area (Å²) in [6.07, 6.45) is -1.20. The SMILES string of the molecule is CC#CC1(N2CCC(c3nc(-c4ccc(Oc5cc(C(F)(F)F)ccn5)c(F)c4)n4c(N)nccc34)C2)CO1. The highest BCUT2D eigenvalue weighted by atomic mass is 19.4. The maximum atomic E-state index is 15.1.